The van der Waals surface area contributed by atoms with Gasteiger partial charge in [0.15, 0.2) is 30.6 Å². The predicted octanol–water partition coefficient (Wildman–Crippen LogP) is 4.36. The Morgan fingerprint density at radius 3 is 2.28 bits per heavy atom. The maximum absolute atomic E-state index is 13.2. The minimum Gasteiger partial charge on any atom is -0.482 e. The maximum atomic E-state index is 13.2. The smallest absolute Gasteiger partial charge is 0.344 e. The maximum Gasteiger partial charge on any atom is 0.344 e. The first-order valence-corrected chi connectivity index (χ1v) is 8.91. The Kier molecular flexibility index (Phi) is 6.68. The van der Waals surface area contributed by atoms with Gasteiger partial charge >= 0.3 is 5.97 Å². The lowest BCUT2D eigenvalue weighted by Crippen LogP contribution is -2.20. The molecule has 0 N–H and O–H groups in total. The second kappa shape index (κ2) is 9.59. The fourth-order valence-electron chi connectivity index (χ4n) is 2.68. The van der Waals surface area contributed by atoms with E-state index < -0.39 is 30.0 Å². The average molecular weight is 396 g/mol. The Balaban J connectivity index is 1.53. The van der Waals surface area contributed by atoms with Crippen molar-refractivity contribution >= 4 is 11.8 Å². The third kappa shape index (κ3) is 5.72. The van der Waals surface area contributed by atoms with Gasteiger partial charge in [-0.05, 0) is 35.4 Å². The van der Waals surface area contributed by atoms with Crippen LogP contribution in [0.2, 0.25) is 0 Å². The van der Waals surface area contributed by atoms with Crippen molar-refractivity contribution in [2.45, 2.75) is 6.42 Å². The first-order valence-electron chi connectivity index (χ1n) is 8.91. The molecule has 0 atom stereocenters. The highest BCUT2D eigenvalue weighted by Gasteiger charge is 2.14. The van der Waals surface area contributed by atoms with Gasteiger partial charge in [0.05, 0.1) is 0 Å². The number of Topliss-reactive ketones (excluding diaryl/α,β-unsaturated/α-hetero) is 1. The topological polar surface area (TPSA) is 52.6 Å². The number of carbonyl (C=O) groups excluding carboxylic acids is 2. The number of ether oxygens (including phenoxy) is 2. The number of ketones is 1. The number of halogens is 2. The van der Waals surface area contributed by atoms with Crippen molar-refractivity contribution < 1.29 is 27.8 Å². The highest BCUT2D eigenvalue weighted by Crippen LogP contribution is 2.21. The summed E-state index contributed by atoms with van der Waals surface area (Å²) in [4.78, 5) is 23.8. The summed E-state index contributed by atoms with van der Waals surface area (Å²) < 4.78 is 36.5. The first kappa shape index (κ1) is 20.2. The average Bonchev–Trinajstić information content (AvgIpc) is 2.74. The number of rotatable bonds is 8. The Labute approximate surface area is 166 Å². The van der Waals surface area contributed by atoms with Crippen molar-refractivity contribution in [2.24, 2.45) is 0 Å². The molecule has 29 heavy (non-hydrogen) atoms. The molecule has 0 unspecified atom stereocenters. The van der Waals surface area contributed by atoms with E-state index in [2.05, 4.69) is 0 Å². The molecule has 0 spiro atoms. The van der Waals surface area contributed by atoms with Crippen LogP contribution in [-0.4, -0.2) is 25.0 Å². The summed E-state index contributed by atoms with van der Waals surface area (Å²) in [6.45, 7) is -0.963. The van der Waals surface area contributed by atoms with Crippen molar-refractivity contribution in [1.29, 1.82) is 0 Å². The lowest BCUT2D eigenvalue weighted by atomic mass is 10.0. The highest BCUT2D eigenvalue weighted by atomic mass is 19.2. The third-order valence-corrected chi connectivity index (χ3v) is 4.16. The molecule has 0 aliphatic carbocycles. The van der Waals surface area contributed by atoms with Crippen molar-refractivity contribution in [3.63, 3.8) is 0 Å². The summed E-state index contributed by atoms with van der Waals surface area (Å²) in [5.74, 6) is -3.03. The van der Waals surface area contributed by atoms with Crippen molar-refractivity contribution in [1.82, 2.24) is 0 Å². The summed E-state index contributed by atoms with van der Waals surface area (Å²) >= 11 is 0. The van der Waals surface area contributed by atoms with E-state index in [4.69, 9.17) is 9.47 Å². The minimum absolute atomic E-state index is 0.0779. The highest BCUT2D eigenvalue weighted by molar-refractivity contribution is 5.98. The van der Waals surface area contributed by atoms with Crippen LogP contribution in [0.25, 0.3) is 0 Å². The van der Waals surface area contributed by atoms with Crippen LogP contribution in [-0.2, 0) is 16.0 Å². The Morgan fingerprint density at radius 1 is 0.793 bits per heavy atom. The zero-order valence-corrected chi connectivity index (χ0v) is 15.4. The zero-order chi connectivity index (χ0) is 20.6. The van der Waals surface area contributed by atoms with E-state index >= 15 is 0 Å². The molecule has 0 saturated heterocycles. The Bertz CT molecular complexity index is 1000. The van der Waals surface area contributed by atoms with Gasteiger partial charge in [-0.15, -0.1) is 0 Å². The lowest BCUT2D eigenvalue weighted by molar-refractivity contribution is -0.144. The van der Waals surface area contributed by atoms with Gasteiger partial charge in [0.2, 0.25) is 0 Å². The summed E-state index contributed by atoms with van der Waals surface area (Å²) in [7, 11) is 0. The van der Waals surface area contributed by atoms with Crippen LogP contribution in [0.4, 0.5) is 8.78 Å². The quantitative estimate of drug-likeness (QED) is 0.419. The number of hydrogen-bond acceptors (Lipinski definition) is 4. The van der Waals surface area contributed by atoms with Crippen LogP contribution in [0.15, 0.2) is 72.8 Å². The van der Waals surface area contributed by atoms with Gasteiger partial charge in [0.25, 0.3) is 0 Å². The normalized spacial score (nSPS) is 10.4. The molecule has 3 rings (SSSR count). The summed E-state index contributed by atoms with van der Waals surface area (Å²) in [5.41, 5.74) is 1.93. The Morgan fingerprint density at radius 2 is 1.52 bits per heavy atom. The SMILES string of the molecule is O=C(COc1ccccc1Cc1ccccc1)OCC(=O)c1ccc(F)c(F)c1. The van der Waals surface area contributed by atoms with Crippen LogP contribution < -0.4 is 4.74 Å². The second-order valence-corrected chi connectivity index (χ2v) is 6.27. The number of para-hydroxylation sites is 1. The van der Waals surface area contributed by atoms with Gasteiger partial charge in [-0.3, -0.25) is 4.79 Å². The molecule has 0 bridgehead atoms. The molecule has 0 aliphatic heterocycles. The van der Waals surface area contributed by atoms with Gasteiger partial charge in [0.1, 0.15) is 5.75 Å². The number of hydrogen-bond donors (Lipinski definition) is 0. The van der Waals surface area contributed by atoms with E-state index in [1.54, 1.807) is 12.1 Å². The predicted molar refractivity (Wildman–Crippen MR) is 103 cm³/mol. The molecule has 0 aliphatic rings. The van der Waals surface area contributed by atoms with Crippen LogP contribution in [0.3, 0.4) is 0 Å². The van der Waals surface area contributed by atoms with Crippen LogP contribution in [0.5, 0.6) is 5.75 Å². The summed E-state index contributed by atoms with van der Waals surface area (Å²) in [6, 6.07) is 19.9. The fourth-order valence-corrected chi connectivity index (χ4v) is 2.68. The monoisotopic (exact) mass is 396 g/mol. The van der Waals surface area contributed by atoms with Gasteiger partial charge in [0, 0.05) is 12.0 Å². The molecule has 4 nitrogen and oxygen atoms in total. The van der Waals surface area contributed by atoms with E-state index in [1.807, 2.05) is 42.5 Å². The lowest BCUT2D eigenvalue weighted by Gasteiger charge is -2.11. The molecular weight excluding hydrogens is 378 g/mol. The molecule has 3 aromatic carbocycles. The fraction of sp³-hybridized carbons (Fsp3) is 0.130. The van der Waals surface area contributed by atoms with Gasteiger partial charge in [-0.2, -0.15) is 0 Å². The molecule has 6 heteroatoms. The molecule has 0 radical (unpaired) electrons. The number of esters is 1. The van der Waals surface area contributed by atoms with Crippen molar-refractivity contribution in [2.75, 3.05) is 13.2 Å². The van der Waals surface area contributed by atoms with Crippen molar-refractivity contribution in [3.8, 4) is 5.75 Å². The van der Waals surface area contributed by atoms with Crippen LogP contribution in [0.1, 0.15) is 21.5 Å². The largest absolute Gasteiger partial charge is 0.482 e. The van der Waals surface area contributed by atoms with E-state index in [0.29, 0.717) is 12.2 Å². The van der Waals surface area contributed by atoms with E-state index in [1.165, 1.54) is 0 Å². The summed E-state index contributed by atoms with van der Waals surface area (Å²) in [6.07, 6.45) is 0.640. The second-order valence-electron chi connectivity index (χ2n) is 6.27. The molecule has 0 saturated carbocycles. The zero-order valence-electron chi connectivity index (χ0n) is 15.4. The van der Waals surface area contributed by atoms with E-state index in [-0.39, 0.29) is 12.2 Å². The van der Waals surface area contributed by atoms with Crippen LogP contribution in [0, 0.1) is 11.6 Å². The summed E-state index contributed by atoms with van der Waals surface area (Å²) in [5, 5.41) is 0. The number of benzene rings is 3. The third-order valence-electron chi connectivity index (χ3n) is 4.16. The standard InChI is InChI=1S/C23H18F2O4/c24-19-11-10-17(13-20(19)25)21(26)14-29-23(27)15-28-22-9-5-4-8-18(22)12-16-6-2-1-3-7-16/h1-11,13H,12,14-15H2. The van der Waals surface area contributed by atoms with Gasteiger partial charge < -0.3 is 9.47 Å². The van der Waals surface area contributed by atoms with Crippen molar-refractivity contribution in [3.05, 3.63) is 101 Å². The number of carbonyl (C=O) groups is 2. The van der Waals surface area contributed by atoms with Gasteiger partial charge in [-0.25, -0.2) is 13.6 Å². The minimum atomic E-state index is -1.14. The first-order chi connectivity index (χ1) is 14.0. The van der Waals surface area contributed by atoms with Crippen LogP contribution >= 0.6 is 0 Å². The van der Waals surface area contributed by atoms with E-state index in [0.717, 1.165) is 29.3 Å². The molecule has 0 heterocycles. The van der Waals surface area contributed by atoms with Gasteiger partial charge in [-0.1, -0.05) is 48.5 Å². The molecule has 0 amide bonds. The molecule has 3 aromatic rings. The molecule has 0 aromatic heterocycles. The Hall–Kier alpha value is -3.54. The molecule has 148 valence electrons. The van der Waals surface area contributed by atoms with E-state index in [9.17, 15) is 18.4 Å². The molecular formula is C23H18F2O4. The molecule has 0 fully saturated rings.